The van der Waals surface area contributed by atoms with Gasteiger partial charge >= 0.3 is 5.97 Å². The van der Waals surface area contributed by atoms with E-state index in [1.165, 1.54) is 6.07 Å². The quantitative estimate of drug-likeness (QED) is 0.791. The summed E-state index contributed by atoms with van der Waals surface area (Å²) in [6.45, 7) is 0.859. The van der Waals surface area contributed by atoms with Crippen molar-refractivity contribution in [3.63, 3.8) is 0 Å². The molecule has 1 amide bonds. The molecule has 0 unspecified atom stereocenters. The summed E-state index contributed by atoms with van der Waals surface area (Å²) < 4.78 is 0. The monoisotopic (exact) mass is 246 g/mol. The Morgan fingerprint density at radius 2 is 2.22 bits per heavy atom. The number of carbonyl (C=O) groups excluding carboxylic acids is 1. The number of carboxylic acids is 1. The van der Waals surface area contributed by atoms with Gasteiger partial charge in [0.05, 0.1) is 16.9 Å². The summed E-state index contributed by atoms with van der Waals surface area (Å²) in [5.74, 6) is -1.00. The van der Waals surface area contributed by atoms with Crippen molar-refractivity contribution in [1.82, 2.24) is 0 Å². The van der Waals surface area contributed by atoms with Crippen molar-refractivity contribution in [3.8, 4) is 0 Å². The van der Waals surface area contributed by atoms with Crippen LogP contribution in [0.25, 0.3) is 0 Å². The van der Waals surface area contributed by atoms with Crippen LogP contribution in [0, 0.1) is 0 Å². The largest absolute Gasteiger partial charge is 0.478 e. The molecule has 1 aromatic carbocycles. The molecule has 0 saturated carbocycles. The number of fused-ring (bicyclic) bond motifs is 3. The maximum atomic E-state index is 12.0. The Kier molecular flexibility index (Phi) is 2.47. The molecule has 0 radical (unpaired) electrons. The van der Waals surface area contributed by atoms with E-state index in [4.69, 9.17) is 5.11 Å². The van der Waals surface area contributed by atoms with Gasteiger partial charge in [0.15, 0.2) is 0 Å². The lowest BCUT2D eigenvalue weighted by Crippen LogP contribution is -2.50. The predicted octanol–water partition coefficient (Wildman–Crippen LogP) is 1.70. The van der Waals surface area contributed by atoms with E-state index in [0.29, 0.717) is 5.69 Å². The number of hydrogen-bond acceptors (Lipinski definition) is 3. The maximum absolute atomic E-state index is 12.0. The zero-order valence-electron chi connectivity index (χ0n) is 9.85. The van der Waals surface area contributed by atoms with Crippen LogP contribution in [-0.4, -0.2) is 29.6 Å². The van der Waals surface area contributed by atoms with Gasteiger partial charge in [-0.05, 0) is 37.5 Å². The number of aromatic carboxylic acids is 1. The normalized spacial score (nSPS) is 21.9. The van der Waals surface area contributed by atoms with Crippen LogP contribution in [-0.2, 0) is 4.79 Å². The number of nitrogens with zero attached hydrogens (tertiary/aromatic N) is 1. The number of carbonyl (C=O) groups is 2. The Balaban J connectivity index is 2.04. The molecule has 18 heavy (non-hydrogen) atoms. The molecule has 2 aliphatic heterocycles. The fourth-order valence-electron chi connectivity index (χ4n) is 2.73. The smallest absolute Gasteiger partial charge is 0.335 e. The highest BCUT2D eigenvalue weighted by atomic mass is 16.4. The minimum atomic E-state index is -0.979. The van der Waals surface area contributed by atoms with E-state index in [9.17, 15) is 9.59 Å². The van der Waals surface area contributed by atoms with Gasteiger partial charge in [0, 0.05) is 6.54 Å². The summed E-state index contributed by atoms with van der Waals surface area (Å²) in [7, 11) is 0. The van der Waals surface area contributed by atoms with Gasteiger partial charge < -0.3 is 15.3 Å². The Bertz CT molecular complexity index is 527. The Morgan fingerprint density at radius 3 is 3.00 bits per heavy atom. The first-order valence-corrected chi connectivity index (χ1v) is 6.11. The van der Waals surface area contributed by atoms with Crippen LogP contribution in [0.15, 0.2) is 18.2 Å². The van der Waals surface area contributed by atoms with Crippen molar-refractivity contribution < 1.29 is 14.7 Å². The summed E-state index contributed by atoms with van der Waals surface area (Å²) in [5, 5.41) is 11.8. The zero-order chi connectivity index (χ0) is 12.7. The van der Waals surface area contributed by atoms with E-state index in [-0.39, 0.29) is 17.5 Å². The second kappa shape index (κ2) is 4.01. The standard InChI is InChI=1S/C13H14N2O3/c16-12-11-3-1-2-6-15(11)10-5-4-8(13(17)18)7-9(10)14-12/h4-5,7,11H,1-3,6H2,(H,14,16)(H,17,18)/t11-/m1/s1. The Labute approximate surface area is 104 Å². The minimum absolute atomic E-state index is 0.0234. The number of rotatable bonds is 1. The summed E-state index contributed by atoms with van der Waals surface area (Å²) in [4.78, 5) is 25.0. The van der Waals surface area contributed by atoms with E-state index in [0.717, 1.165) is 31.5 Å². The molecule has 0 aliphatic carbocycles. The number of piperidine rings is 1. The predicted molar refractivity (Wildman–Crippen MR) is 67.0 cm³/mol. The summed E-state index contributed by atoms with van der Waals surface area (Å²) in [5.41, 5.74) is 1.74. The molecule has 0 aromatic heterocycles. The topological polar surface area (TPSA) is 69.6 Å². The fourth-order valence-corrected chi connectivity index (χ4v) is 2.73. The summed E-state index contributed by atoms with van der Waals surface area (Å²) in [6.07, 6.45) is 3.01. The SMILES string of the molecule is O=C(O)c1ccc2c(c1)NC(=O)[C@H]1CCCCN21. The van der Waals surface area contributed by atoms with Gasteiger partial charge in [-0.25, -0.2) is 4.79 Å². The first kappa shape index (κ1) is 11.1. The van der Waals surface area contributed by atoms with Gasteiger partial charge in [0.2, 0.25) is 5.91 Å². The number of benzene rings is 1. The van der Waals surface area contributed by atoms with E-state index in [1.54, 1.807) is 12.1 Å². The van der Waals surface area contributed by atoms with Crippen molar-refractivity contribution in [3.05, 3.63) is 23.8 Å². The first-order chi connectivity index (χ1) is 8.66. The van der Waals surface area contributed by atoms with Crippen LogP contribution < -0.4 is 10.2 Å². The van der Waals surface area contributed by atoms with Gasteiger partial charge in [-0.2, -0.15) is 0 Å². The lowest BCUT2D eigenvalue weighted by atomic mass is 9.97. The molecule has 94 valence electrons. The van der Waals surface area contributed by atoms with Crippen LogP contribution in [0.2, 0.25) is 0 Å². The van der Waals surface area contributed by atoms with Crippen molar-refractivity contribution in [2.24, 2.45) is 0 Å². The Morgan fingerprint density at radius 1 is 1.39 bits per heavy atom. The zero-order valence-corrected chi connectivity index (χ0v) is 9.85. The van der Waals surface area contributed by atoms with Crippen LogP contribution in [0.4, 0.5) is 11.4 Å². The van der Waals surface area contributed by atoms with E-state index in [2.05, 4.69) is 10.2 Å². The summed E-state index contributed by atoms with van der Waals surface area (Å²) in [6, 6.07) is 4.81. The molecular formula is C13H14N2O3. The van der Waals surface area contributed by atoms with Gasteiger partial charge in [0.25, 0.3) is 0 Å². The highest BCUT2D eigenvalue weighted by Gasteiger charge is 2.34. The molecule has 2 aliphatic rings. The maximum Gasteiger partial charge on any atom is 0.335 e. The average molecular weight is 246 g/mol. The molecule has 3 rings (SSSR count). The number of carboxylic acid groups (broad SMARTS) is 1. The van der Waals surface area contributed by atoms with Crippen molar-refractivity contribution in [2.75, 3.05) is 16.8 Å². The molecule has 1 saturated heterocycles. The van der Waals surface area contributed by atoms with Gasteiger partial charge in [-0.1, -0.05) is 0 Å². The molecule has 5 heteroatoms. The van der Waals surface area contributed by atoms with E-state index < -0.39 is 5.97 Å². The molecule has 0 bridgehead atoms. The molecule has 0 spiro atoms. The third-order valence-corrected chi connectivity index (χ3v) is 3.62. The van der Waals surface area contributed by atoms with Crippen molar-refractivity contribution >= 4 is 23.3 Å². The molecular weight excluding hydrogens is 232 g/mol. The Hall–Kier alpha value is -2.04. The molecule has 1 atom stereocenters. The van der Waals surface area contributed by atoms with Gasteiger partial charge in [0.1, 0.15) is 6.04 Å². The minimum Gasteiger partial charge on any atom is -0.478 e. The number of nitrogens with one attached hydrogen (secondary N) is 1. The number of anilines is 2. The lowest BCUT2D eigenvalue weighted by molar-refractivity contribution is -0.118. The fraction of sp³-hybridized carbons (Fsp3) is 0.385. The third-order valence-electron chi connectivity index (χ3n) is 3.62. The van der Waals surface area contributed by atoms with Crippen molar-refractivity contribution in [1.29, 1.82) is 0 Å². The molecule has 1 fully saturated rings. The first-order valence-electron chi connectivity index (χ1n) is 6.11. The van der Waals surface area contributed by atoms with E-state index >= 15 is 0 Å². The second-order valence-electron chi connectivity index (χ2n) is 4.73. The highest BCUT2D eigenvalue weighted by Crippen LogP contribution is 2.36. The van der Waals surface area contributed by atoms with Gasteiger partial charge in [-0.3, -0.25) is 4.79 Å². The second-order valence-corrected chi connectivity index (χ2v) is 4.73. The lowest BCUT2D eigenvalue weighted by Gasteiger charge is -2.41. The van der Waals surface area contributed by atoms with Crippen LogP contribution >= 0.6 is 0 Å². The third kappa shape index (κ3) is 1.63. The average Bonchev–Trinajstić information content (AvgIpc) is 2.38. The molecule has 5 nitrogen and oxygen atoms in total. The van der Waals surface area contributed by atoms with Gasteiger partial charge in [-0.15, -0.1) is 0 Å². The highest BCUT2D eigenvalue weighted by molar-refractivity contribution is 6.05. The molecule has 2 N–H and O–H groups in total. The van der Waals surface area contributed by atoms with Crippen LogP contribution in [0.3, 0.4) is 0 Å². The van der Waals surface area contributed by atoms with E-state index in [1.807, 2.05) is 0 Å². The summed E-state index contributed by atoms with van der Waals surface area (Å²) >= 11 is 0. The number of amides is 1. The van der Waals surface area contributed by atoms with Crippen LogP contribution in [0.1, 0.15) is 29.6 Å². The number of hydrogen-bond donors (Lipinski definition) is 2. The molecule has 1 aromatic rings. The van der Waals surface area contributed by atoms with Crippen LogP contribution in [0.5, 0.6) is 0 Å². The molecule has 2 heterocycles. The van der Waals surface area contributed by atoms with Crippen molar-refractivity contribution in [2.45, 2.75) is 25.3 Å².